The summed E-state index contributed by atoms with van der Waals surface area (Å²) in [6, 6.07) is 7.26. The molecule has 1 aliphatic rings. The Bertz CT molecular complexity index is 1680. The Labute approximate surface area is 280 Å². The Kier molecular flexibility index (Phi) is 10.7. The van der Waals surface area contributed by atoms with Crippen molar-refractivity contribution in [2.24, 2.45) is 0 Å². The first-order valence-corrected chi connectivity index (χ1v) is 15.9. The Morgan fingerprint density at radius 2 is 1.81 bits per heavy atom. The van der Waals surface area contributed by atoms with Crippen LogP contribution in [0, 0.1) is 0 Å². The molecule has 3 heterocycles. The summed E-state index contributed by atoms with van der Waals surface area (Å²) in [4.78, 5) is 46.7. The molecule has 1 aliphatic heterocycles. The van der Waals surface area contributed by atoms with E-state index in [0.717, 1.165) is 5.56 Å². The second kappa shape index (κ2) is 14.2. The Morgan fingerprint density at radius 1 is 1.12 bits per heavy atom. The molecule has 4 rings (SSSR count). The highest BCUT2D eigenvalue weighted by molar-refractivity contribution is 6.02. The molecule has 1 aromatic carbocycles. The van der Waals surface area contributed by atoms with Gasteiger partial charge in [0.25, 0.3) is 5.91 Å². The van der Waals surface area contributed by atoms with Gasteiger partial charge in [-0.2, -0.15) is 9.61 Å². The monoisotopic (exact) mass is 667 g/mol. The molecule has 0 bridgehead atoms. The molecule has 1 fully saturated rings. The number of carbonyl (C=O) groups excluding carboxylic acids is 3. The molecule has 0 aliphatic carbocycles. The van der Waals surface area contributed by atoms with Gasteiger partial charge in [0.05, 0.1) is 24.0 Å². The highest BCUT2D eigenvalue weighted by Crippen LogP contribution is 2.34. The fourth-order valence-corrected chi connectivity index (χ4v) is 5.22. The van der Waals surface area contributed by atoms with Gasteiger partial charge in [0, 0.05) is 30.4 Å². The third-order valence-corrected chi connectivity index (χ3v) is 7.38. The minimum Gasteiger partial charge on any atom is -0.444 e. The van der Waals surface area contributed by atoms with Gasteiger partial charge in [-0.05, 0) is 78.5 Å². The molecular weight excluding hydrogens is 621 g/mol. The van der Waals surface area contributed by atoms with Crippen molar-refractivity contribution in [3.8, 4) is 0 Å². The molecule has 3 aromatic rings. The summed E-state index contributed by atoms with van der Waals surface area (Å²) in [5.74, 6) is -1.58. The number of likely N-dealkylation sites (tertiary alicyclic amines) is 1. The quantitative estimate of drug-likeness (QED) is 0.228. The van der Waals surface area contributed by atoms with Crippen molar-refractivity contribution in [3.05, 3.63) is 54.5 Å². The van der Waals surface area contributed by atoms with Gasteiger partial charge in [-0.1, -0.05) is 26.5 Å². The second-order valence-corrected chi connectivity index (χ2v) is 14.0. The van der Waals surface area contributed by atoms with E-state index in [1.54, 1.807) is 72.0 Å². The van der Waals surface area contributed by atoms with Gasteiger partial charge in [0.15, 0.2) is 11.5 Å². The van der Waals surface area contributed by atoms with E-state index < -0.39 is 47.3 Å². The molecule has 0 radical (unpaired) electrons. The first kappa shape index (κ1) is 36.1. The molecule has 0 saturated carbocycles. The van der Waals surface area contributed by atoms with E-state index in [9.17, 15) is 23.9 Å². The Balaban J connectivity index is 1.81. The van der Waals surface area contributed by atoms with Crippen LogP contribution < -0.4 is 15.5 Å². The van der Waals surface area contributed by atoms with Crippen LogP contribution in [0.2, 0.25) is 0 Å². The van der Waals surface area contributed by atoms with Crippen molar-refractivity contribution >= 4 is 46.8 Å². The number of aromatic nitrogens is 3. The van der Waals surface area contributed by atoms with Crippen molar-refractivity contribution in [3.63, 3.8) is 0 Å². The van der Waals surface area contributed by atoms with Gasteiger partial charge in [0.2, 0.25) is 0 Å². The topological polar surface area (TPSA) is 151 Å². The fourth-order valence-electron chi connectivity index (χ4n) is 5.22. The van der Waals surface area contributed by atoms with Crippen LogP contribution in [0.4, 0.5) is 37.0 Å². The number of hydrogen-bond donors (Lipinski definition) is 3. The number of aliphatic hydroxyl groups is 1. The van der Waals surface area contributed by atoms with E-state index in [4.69, 9.17) is 14.5 Å². The fraction of sp³-hybridized carbons (Fsp3) is 0.500. The van der Waals surface area contributed by atoms with Gasteiger partial charge < -0.3 is 30.1 Å². The molecule has 0 spiro atoms. The van der Waals surface area contributed by atoms with Crippen LogP contribution in [0.25, 0.3) is 5.65 Å². The minimum atomic E-state index is -1.16. The van der Waals surface area contributed by atoms with Crippen LogP contribution in [-0.4, -0.2) is 79.1 Å². The number of amides is 3. The smallest absolute Gasteiger partial charge is 0.420 e. The highest BCUT2D eigenvalue weighted by Gasteiger charge is 2.36. The summed E-state index contributed by atoms with van der Waals surface area (Å²) in [6.45, 7) is 18.1. The molecule has 13 nitrogen and oxygen atoms in total. The molecule has 2 aromatic heterocycles. The number of piperidine rings is 1. The first-order valence-electron chi connectivity index (χ1n) is 15.9. The standard InChI is InChI=1S/C34H46FN7O6/c1-20(2)24-18-37-42-28(41(32(46)48-34(7,8)9)23-13-10-12-22(16-23)38-30(44)21(3)35)17-27(39-29(24)42)36-19-25-26(43)14-11-15-40(25)31(45)47-33(4,5)6/h10,12-13,16-18,20,25-26,43H,3,11,14-15,19H2,1-2,4-9H3,(H,36,39)(H,38,44). The Hall–Kier alpha value is -4.72. The summed E-state index contributed by atoms with van der Waals surface area (Å²) in [7, 11) is 0. The summed E-state index contributed by atoms with van der Waals surface area (Å²) < 4.78 is 26.5. The lowest BCUT2D eigenvalue weighted by Crippen LogP contribution is -2.55. The summed E-state index contributed by atoms with van der Waals surface area (Å²) in [6.07, 6.45) is 0.738. The average Bonchev–Trinajstić information content (AvgIpc) is 3.39. The van der Waals surface area contributed by atoms with Crippen molar-refractivity contribution in [1.82, 2.24) is 19.5 Å². The zero-order valence-electron chi connectivity index (χ0n) is 28.8. The number of carbonyl (C=O) groups is 3. The van der Waals surface area contributed by atoms with E-state index in [2.05, 4.69) is 22.3 Å². The predicted octanol–water partition coefficient (Wildman–Crippen LogP) is 6.52. The maximum Gasteiger partial charge on any atom is 0.420 e. The van der Waals surface area contributed by atoms with Crippen molar-refractivity contribution in [2.75, 3.05) is 28.6 Å². The van der Waals surface area contributed by atoms with Crippen molar-refractivity contribution < 1.29 is 33.4 Å². The minimum absolute atomic E-state index is 0.0169. The van der Waals surface area contributed by atoms with E-state index in [0.29, 0.717) is 30.9 Å². The van der Waals surface area contributed by atoms with E-state index >= 15 is 0 Å². The number of nitrogens with one attached hydrogen (secondary N) is 2. The number of benzene rings is 1. The maximum absolute atomic E-state index is 13.9. The second-order valence-electron chi connectivity index (χ2n) is 14.0. The Morgan fingerprint density at radius 3 is 2.44 bits per heavy atom. The third-order valence-electron chi connectivity index (χ3n) is 7.38. The molecule has 2 unspecified atom stereocenters. The molecule has 260 valence electrons. The molecule has 1 saturated heterocycles. The predicted molar refractivity (Wildman–Crippen MR) is 181 cm³/mol. The van der Waals surface area contributed by atoms with Gasteiger partial charge in [-0.25, -0.2) is 23.9 Å². The van der Waals surface area contributed by atoms with Crippen molar-refractivity contribution in [2.45, 2.75) is 97.5 Å². The number of fused-ring (bicyclic) bond motifs is 1. The molecular formula is C34H46FN7O6. The molecule has 14 heteroatoms. The molecule has 2 atom stereocenters. The van der Waals surface area contributed by atoms with Crippen LogP contribution in [0.15, 0.2) is 48.9 Å². The zero-order chi connectivity index (χ0) is 35.6. The number of rotatable bonds is 8. The van der Waals surface area contributed by atoms with Crippen LogP contribution >= 0.6 is 0 Å². The lowest BCUT2D eigenvalue weighted by atomic mass is 9.99. The lowest BCUT2D eigenvalue weighted by Gasteiger charge is -2.39. The van der Waals surface area contributed by atoms with Crippen molar-refractivity contribution in [1.29, 1.82) is 0 Å². The number of anilines is 4. The number of nitrogens with zero attached hydrogens (tertiary/aromatic N) is 5. The average molecular weight is 668 g/mol. The first-order chi connectivity index (χ1) is 22.3. The zero-order valence-corrected chi connectivity index (χ0v) is 28.8. The van der Waals surface area contributed by atoms with E-state index in [-0.39, 0.29) is 29.7 Å². The lowest BCUT2D eigenvalue weighted by molar-refractivity contribution is -0.114. The molecule has 48 heavy (non-hydrogen) atoms. The van der Waals surface area contributed by atoms with Crippen LogP contribution in [0.5, 0.6) is 0 Å². The number of ether oxygens (including phenoxy) is 2. The van der Waals surface area contributed by atoms with Crippen LogP contribution in [0.3, 0.4) is 0 Å². The summed E-state index contributed by atoms with van der Waals surface area (Å²) in [5.41, 5.74) is 0.176. The van der Waals surface area contributed by atoms with E-state index in [1.165, 1.54) is 20.4 Å². The van der Waals surface area contributed by atoms with Crippen LogP contribution in [-0.2, 0) is 14.3 Å². The molecule has 3 N–H and O–H groups in total. The number of hydrogen-bond acceptors (Lipinski definition) is 9. The third kappa shape index (κ3) is 8.79. The SMILES string of the molecule is C=C(F)C(=O)Nc1cccc(N(C(=O)OC(C)(C)C)c2cc(NCC3C(O)CCCN3C(=O)OC(C)(C)C)nc3c(C(C)C)cnn23)c1. The maximum atomic E-state index is 13.9. The van der Waals surface area contributed by atoms with Gasteiger partial charge in [0.1, 0.15) is 22.8 Å². The van der Waals surface area contributed by atoms with E-state index in [1.807, 2.05) is 13.8 Å². The van der Waals surface area contributed by atoms with Gasteiger partial charge in [-0.3, -0.25) is 4.79 Å². The summed E-state index contributed by atoms with van der Waals surface area (Å²) >= 11 is 0. The van der Waals surface area contributed by atoms with Gasteiger partial charge >= 0.3 is 12.2 Å². The molecule has 3 amide bonds. The largest absolute Gasteiger partial charge is 0.444 e. The summed E-state index contributed by atoms with van der Waals surface area (Å²) in [5, 5.41) is 21.2. The normalized spacial score (nSPS) is 16.9. The van der Waals surface area contributed by atoms with Gasteiger partial charge in [-0.15, -0.1) is 0 Å². The highest BCUT2D eigenvalue weighted by atomic mass is 19.1. The van der Waals surface area contributed by atoms with Crippen LogP contribution in [0.1, 0.15) is 79.7 Å². The number of aliphatic hydroxyl groups excluding tert-OH is 1. The number of halogens is 1.